The topological polar surface area (TPSA) is 16.1 Å². The van der Waals surface area contributed by atoms with E-state index in [1.807, 2.05) is 11.8 Å². The summed E-state index contributed by atoms with van der Waals surface area (Å²) in [6.45, 7) is 12.5. The van der Waals surface area contributed by atoms with Crippen LogP contribution in [0, 0.1) is 40.4 Å². The second-order valence-corrected chi connectivity index (χ2v) is 14.5. The number of allylic oxidation sites excluding steroid dienone is 2. The van der Waals surface area contributed by atoms with Crippen LogP contribution in [-0.2, 0) is 6.42 Å². The second-order valence-electron chi connectivity index (χ2n) is 14.5. The van der Waals surface area contributed by atoms with E-state index in [2.05, 4.69) is 82.0 Å². The lowest BCUT2D eigenvalue weighted by Crippen LogP contribution is -2.53. The number of rotatable bonds is 2. The van der Waals surface area contributed by atoms with Crippen molar-refractivity contribution in [2.75, 3.05) is 7.05 Å². The van der Waals surface area contributed by atoms with E-state index in [-0.39, 0.29) is 5.54 Å². The number of hydrogen-bond acceptors (Lipinski definition) is 2. The van der Waals surface area contributed by atoms with Crippen LogP contribution in [0.1, 0.15) is 97.1 Å². The van der Waals surface area contributed by atoms with Gasteiger partial charge in [0.1, 0.15) is 0 Å². The van der Waals surface area contributed by atoms with Crippen LogP contribution >= 0.6 is 0 Å². The number of hydrogen-bond donors (Lipinski definition) is 0. The first-order valence-electron chi connectivity index (χ1n) is 14.6. The lowest BCUT2D eigenvalue weighted by Gasteiger charge is -2.59. The zero-order chi connectivity index (χ0) is 24.6. The van der Waals surface area contributed by atoms with Crippen molar-refractivity contribution < 1.29 is 0 Å². The average molecular weight is 473 g/mol. The van der Waals surface area contributed by atoms with Crippen LogP contribution in [0.5, 0.6) is 0 Å². The van der Waals surface area contributed by atoms with Crippen LogP contribution in [-0.4, -0.2) is 28.5 Å². The molecule has 0 aliphatic heterocycles. The maximum atomic E-state index is 4.44. The maximum Gasteiger partial charge on any atom is 0.0306 e. The largest absolute Gasteiger partial charge is 0.298 e. The third-order valence-corrected chi connectivity index (χ3v) is 12.2. The summed E-state index contributed by atoms with van der Waals surface area (Å²) < 4.78 is 0. The van der Waals surface area contributed by atoms with Gasteiger partial charge in [-0.25, -0.2) is 0 Å². The van der Waals surface area contributed by atoms with Crippen LogP contribution in [0.2, 0.25) is 0 Å². The minimum absolute atomic E-state index is 0.256. The summed E-state index contributed by atoms with van der Waals surface area (Å²) in [6, 6.07) is 2.90. The zero-order valence-electron chi connectivity index (χ0n) is 23.2. The molecule has 0 spiro atoms. The summed E-state index contributed by atoms with van der Waals surface area (Å²) in [4.78, 5) is 7.10. The highest BCUT2D eigenvalue weighted by Crippen LogP contribution is 2.67. The minimum Gasteiger partial charge on any atom is -0.298 e. The smallest absolute Gasteiger partial charge is 0.0306 e. The van der Waals surface area contributed by atoms with E-state index in [1.165, 1.54) is 68.9 Å². The Morgan fingerprint density at radius 3 is 2.57 bits per heavy atom. The molecule has 2 nitrogen and oxygen atoms in total. The summed E-state index contributed by atoms with van der Waals surface area (Å²) in [6.07, 6.45) is 24.2. The first-order valence-corrected chi connectivity index (χ1v) is 14.6. The highest BCUT2D eigenvalue weighted by Gasteiger charge is 2.59. The number of aromatic nitrogens is 1. The fraction of sp³-hybridized carbons (Fsp3) is 0.727. The Bertz CT molecular complexity index is 1030. The van der Waals surface area contributed by atoms with E-state index in [1.54, 1.807) is 0 Å². The third kappa shape index (κ3) is 3.72. The predicted octanol–water partition coefficient (Wildman–Crippen LogP) is 7.95. The highest BCUT2D eigenvalue weighted by molar-refractivity contribution is 5.56. The van der Waals surface area contributed by atoms with Gasteiger partial charge in [0.15, 0.2) is 0 Å². The summed E-state index contributed by atoms with van der Waals surface area (Å²) in [7, 11) is 2.36. The normalized spacial score (nSPS) is 42.7. The Labute approximate surface area is 214 Å². The molecule has 0 radical (unpaired) electrons. The second kappa shape index (κ2) is 8.30. The van der Waals surface area contributed by atoms with Gasteiger partial charge in [0.25, 0.3) is 0 Å². The zero-order valence-corrected chi connectivity index (χ0v) is 23.2. The van der Waals surface area contributed by atoms with Gasteiger partial charge in [-0.2, -0.15) is 0 Å². The number of nitrogens with zero attached hydrogens (tertiary/aromatic N) is 2. The van der Waals surface area contributed by atoms with Gasteiger partial charge in [0, 0.05) is 24.0 Å². The van der Waals surface area contributed by atoms with E-state index in [0.717, 1.165) is 23.7 Å². The molecule has 1 aromatic rings. The molecule has 5 aliphatic rings. The van der Waals surface area contributed by atoms with Crippen molar-refractivity contribution >= 4 is 6.08 Å². The van der Waals surface area contributed by atoms with Crippen LogP contribution in [0.3, 0.4) is 0 Å². The van der Waals surface area contributed by atoms with Crippen LogP contribution < -0.4 is 0 Å². The number of pyridine rings is 1. The molecule has 1 unspecified atom stereocenters. The molecule has 190 valence electrons. The molecule has 5 aliphatic carbocycles. The van der Waals surface area contributed by atoms with Crippen LogP contribution in [0.4, 0.5) is 0 Å². The molecule has 0 aromatic carbocycles. The highest BCUT2D eigenvalue weighted by atomic mass is 15.2. The van der Waals surface area contributed by atoms with Gasteiger partial charge in [-0.1, -0.05) is 37.6 Å². The molecule has 3 saturated carbocycles. The number of fused-ring (bicyclic) bond motifs is 6. The van der Waals surface area contributed by atoms with Gasteiger partial charge >= 0.3 is 0 Å². The van der Waals surface area contributed by atoms with Gasteiger partial charge < -0.3 is 0 Å². The summed E-state index contributed by atoms with van der Waals surface area (Å²) in [5.41, 5.74) is 5.91. The van der Waals surface area contributed by atoms with E-state index >= 15 is 0 Å². The molecule has 1 heterocycles. The van der Waals surface area contributed by atoms with E-state index < -0.39 is 0 Å². The Kier molecular flexibility index (Phi) is 5.68. The Hall–Kier alpha value is -1.41. The van der Waals surface area contributed by atoms with Crippen molar-refractivity contribution in [1.82, 2.24) is 9.88 Å². The fourth-order valence-corrected chi connectivity index (χ4v) is 9.86. The molecular formula is C33H48N2. The molecular weight excluding hydrogens is 424 g/mol. The molecule has 0 amide bonds. The average Bonchev–Trinajstić information content (AvgIpc) is 3.19. The van der Waals surface area contributed by atoms with Gasteiger partial charge in [0.05, 0.1) is 0 Å². The molecule has 0 saturated heterocycles. The van der Waals surface area contributed by atoms with Crippen molar-refractivity contribution in [3.63, 3.8) is 0 Å². The summed E-state index contributed by atoms with van der Waals surface area (Å²) >= 11 is 0. The molecule has 6 rings (SSSR count). The van der Waals surface area contributed by atoms with Gasteiger partial charge in [-0.3, -0.25) is 9.88 Å². The molecule has 2 heteroatoms. The van der Waals surface area contributed by atoms with Crippen molar-refractivity contribution in [1.29, 1.82) is 0 Å². The monoisotopic (exact) mass is 472 g/mol. The minimum atomic E-state index is 0.256. The van der Waals surface area contributed by atoms with Crippen LogP contribution in [0.15, 0.2) is 36.2 Å². The molecule has 0 N–H and O–H groups in total. The SMILES string of the molecule is CN([C@H]1CC[C@@]2(C)C(=CC[C@H]3[C@@H]4CC[C@H](C5C=Cc6ccncc6C5)[C@@]4(C)CC[C@@H]32)C1)C(C)(C)C. The molecule has 0 bridgehead atoms. The van der Waals surface area contributed by atoms with Crippen molar-refractivity contribution in [2.45, 2.75) is 104 Å². The van der Waals surface area contributed by atoms with Gasteiger partial charge in [-0.05, 0) is 143 Å². The van der Waals surface area contributed by atoms with E-state index in [0.29, 0.717) is 22.8 Å². The first kappa shape index (κ1) is 24.0. The first-order chi connectivity index (χ1) is 16.6. The lowest BCUT2D eigenvalue weighted by molar-refractivity contribution is -0.0540. The van der Waals surface area contributed by atoms with E-state index in [9.17, 15) is 0 Å². The Morgan fingerprint density at radius 1 is 0.971 bits per heavy atom. The lowest BCUT2D eigenvalue weighted by atomic mass is 9.46. The molecule has 1 aromatic heterocycles. The molecule has 35 heavy (non-hydrogen) atoms. The summed E-state index contributed by atoms with van der Waals surface area (Å²) in [5.74, 6) is 4.27. The van der Waals surface area contributed by atoms with E-state index in [4.69, 9.17) is 0 Å². The van der Waals surface area contributed by atoms with Crippen molar-refractivity contribution in [2.24, 2.45) is 40.4 Å². The fourth-order valence-electron chi connectivity index (χ4n) is 9.86. The predicted molar refractivity (Wildman–Crippen MR) is 147 cm³/mol. The summed E-state index contributed by atoms with van der Waals surface area (Å²) in [5, 5.41) is 0. The Balaban J connectivity index is 1.22. The quantitative estimate of drug-likeness (QED) is 0.406. The van der Waals surface area contributed by atoms with Gasteiger partial charge in [0.2, 0.25) is 0 Å². The van der Waals surface area contributed by atoms with Crippen molar-refractivity contribution in [3.05, 3.63) is 47.3 Å². The maximum absolute atomic E-state index is 4.44. The van der Waals surface area contributed by atoms with Crippen molar-refractivity contribution in [3.8, 4) is 0 Å². The standard InChI is InChI=1S/C33H48N2/c1-31(2,3)35(6)26-13-16-32(4)25(20-26)9-10-27-29-12-11-28(33(29,5)17-14-30(27)32)23-8-7-22-15-18-34-21-24(22)19-23/h7-9,15,18,21,23,26-30H,10-14,16-17,19-20H2,1-6H3/t23?,26-,27-,28+,29-,30-,32-,33+/m0/s1. The third-order valence-electron chi connectivity index (χ3n) is 12.2. The molecule has 8 atom stereocenters. The Morgan fingerprint density at radius 2 is 1.77 bits per heavy atom. The van der Waals surface area contributed by atoms with Gasteiger partial charge in [-0.15, -0.1) is 0 Å². The molecule has 3 fully saturated rings. The van der Waals surface area contributed by atoms with Crippen LogP contribution in [0.25, 0.3) is 6.08 Å².